The zero-order chi connectivity index (χ0) is 13.1. The normalized spacial score (nSPS) is 41.4. The Kier molecular flexibility index (Phi) is 2.62. The van der Waals surface area contributed by atoms with E-state index in [2.05, 4.69) is 0 Å². The van der Waals surface area contributed by atoms with E-state index in [1.807, 2.05) is 0 Å². The number of Topliss-reactive ketones (excluding diaryl/α,β-unsaturated/α-hetero) is 1. The van der Waals surface area contributed by atoms with E-state index in [9.17, 15) is 28.6 Å². The molecule has 1 rings (SSSR count). The quantitative estimate of drug-likeness (QED) is 0.514. The van der Waals surface area contributed by atoms with Gasteiger partial charge in [0.2, 0.25) is 0 Å². The van der Waals surface area contributed by atoms with Gasteiger partial charge >= 0.3 is 15.2 Å². The summed E-state index contributed by atoms with van der Waals surface area (Å²) in [7, 11) is -10.6. The highest BCUT2D eigenvalue weighted by Crippen LogP contribution is 3.04. The molecule has 0 saturated heterocycles. The van der Waals surface area contributed by atoms with Gasteiger partial charge in [-0.1, -0.05) is 19.4 Å². The van der Waals surface area contributed by atoms with Crippen LogP contribution in [0.15, 0.2) is 0 Å². The van der Waals surface area contributed by atoms with Crippen molar-refractivity contribution < 1.29 is 28.6 Å². The second-order valence-corrected chi connectivity index (χ2v) is 7.27. The first-order valence-electron chi connectivity index (χ1n) is 3.91. The van der Waals surface area contributed by atoms with Gasteiger partial charge in [-0.25, -0.2) is 4.39 Å². The van der Waals surface area contributed by atoms with Crippen molar-refractivity contribution in [1.29, 1.82) is 0 Å². The number of hydrogen-bond acceptors (Lipinski definition) is 1. The minimum Gasteiger partial charge on any atom is -0.295 e. The van der Waals surface area contributed by atoms with Crippen LogP contribution in [0.3, 0.4) is 0 Å². The molecule has 1 fully saturated rings. The lowest BCUT2D eigenvalue weighted by molar-refractivity contribution is -0.129. The lowest BCUT2D eigenvalue weighted by Gasteiger charge is -2.52. The summed E-state index contributed by atoms with van der Waals surface area (Å²) in [6.45, 7) is 0. The van der Waals surface area contributed by atoms with E-state index in [1.54, 1.807) is 0 Å². The number of carbonyl (C=O) groups excluding carboxylic acids is 1. The molecule has 0 radical (unpaired) electrons. The van der Waals surface area contributed by atoms with Crippen molar-refractivity contribution in [2.24, 2.45) is 0 Å². The maximum atomic E-state index is 13.4. The van der Waals surface area contributed by atoms with E-state index in [0.29, 0.717) is 0 Å². The smallest absolute Gasteiger partial charge is 0.295 e. The van der Waals surface area contributed by atoms with Crippen molar-refractivity contribution in [2.75, 3.05) is 0 Å². The fourth-order valence-corrected chi connectivity index (χ4v) is 2.95. The summed E-state index contributed by atoms with van der Waals surface area (Å²) >= 11 is 10.5. The molecule has 3 atom stereocenters. The molecule has 0 spiro atoms. The zero-order valence-electron chi connectivity index (χ0n) is 7.41. The minimum atomic E-state index is -10.6. The lowest BCUT2D eigenvalue weighted by atomic mass is 9.96. The number of alkyl halides is 3. The van der Waals surface area contributed by atoms with E-state index in [4.69, 9.17) is 23.2 Å². The second-order valence-electron chi connectivity index (χ2n) is 3.56. The van der Waals surface area contributed by atoms with Gasteiger partial charge in [-0.2, -0.15) is 0 Å². The first-order chi connectivity index (χ1) is 6.68. The topological polar surface area (TPSA) is 17.1 Å². The van der Waals surface area contributed by atoms with Gasteiger partial charge < -0.3 is 0 Å². The summed E-state index contributed by atoms with van der Waals surface area (Å²) in [6, 6.07) is 0. The summed E-state index contributed by atoms with van der Waals surface area (Å²) in [5.74, 6) is -2.26. The van der Waals surface area contributed by atoms with Gasteiger partial charge in [-0.05, 0) is 0 Å². The van der Waals surface area contributed by atoms with E-state index >= 15 is 0 Å². The van der Waals surface area contributed by atoms with Crippen molar-refractivity contribution in [3.05, 3.63) is 0 Å². The molecule has 0 heterocycles. The highest BCUT2D eigenvalue weighted by atomic mass is 35.5. The van der Waals surface area contributed by atoms with Crippen LogP contribution in [-0.4, -0.2) is 21.5 Å². The Labute approximate surface area is 96.8 Å². The van der Waals surface area contributed by atoms with Gasteiger partial charge in [-0.3, -0.25) is 4.79 Å². The van der Waals surface area contributed by atoms with Gasteiger partial charge in [0, 0.05) is 12.8 Å². The summed E-state index contributed by atoms with van der Waals surface area (Å²) in [6.07, 6.45) is -3.02. The molecule has 0 bridgehead atoms. The summed E-state index contributed by atoms with van der Waals surface area (Å²) in [4.78, 5) is 10.8. The third-order valence-electron chi connectivity index (χ3n) is 2.26. The van der Waals surface area contributed by atoms with E-state index in [1.165, 1.54) is 0 Å². The average molecular weight is 311 g/mol. The van der Waals surface area contributed by atoms with Gasteiger partial charge in [-0.15, -0.1) is 23.2 Å². The highest BCUT2D eigenvalue weighted by Gasteiger charge is 2.84. The molecule has 3 unspecified atom stereocenters. The van der Waals surface area contributed by atoms with Crippen molar-refractivity contribution in [2.45, 2.75) is 28.6 Å². The highest BCUT2D eigenvalue weighted by molar-refractivity contribution is 8.47. The van der Waals surface area contributed by atoms with Crippen LogP contribution >= 0.6 is 33.4 Å². The number of carbonyl (C=O) groups is 1. The average Bonchev–Trinajstić information content (AvgIpc) is 1.96. The third kappa shape index (κ3) is 2.11. The molecule has 0 amide bonds. The first-order valence-corrected chi connectivity index (χ1v) is 6.74. The molecule has 1 saturated carbocycles. The molecule has 0 N–H and O–H groups in total. The largest absolute Gasteiger partial charge is 0.323 e. The Morgan fingerprint density at radius 2 is 1.56 bits per heavy atom. The molecule has 0 aromatic carbocycles. The second kappa shape index (κ2) is 2.95. The van der Waals surface area contributed by atoms with E-state index in [-0.39, 0.29) is 0 Å². The van der Waals surface area contributed by atoms with Crippen molar-refractivity contribution >= 4 is 39.2 Å². The Bertz CT molecular complexity index is 341. The van der Waals surface area contributed by atoms with Gasteiger partial charge in [0.25, 0.3) is 0 Å². The monoisotopic (exact) mass is 310 g/mol. The van der Waals surface area contributed by atoms with Crippen LogP contribution in [0.2, 0.25) is 0 Å². The predicted molar refractivity (Wildman–Crippen MR) is 50.5 cm³/mol. The molecule has 0 aromatic rings. The Balaban J connectivity index is 3.27. The lowest BCUT2D eigenvalue weighted by Crippen LogP contribution is -2.52. The Hall–Kier alpha value is 0.180. The van der Waals surface area contributed by atoms with Crippen LogP contribution in [0, 0.1) is 0 Å². The van der Waals surface area contributed by atoms with Crippen LogP contribution in [0.5, 0.6) is 0 Å². The van der Waals surface area contributed by atoms with E-state index < -0.39 is 44.6 Å². The molecule has 10 heteroatoms. The maximum Gasteiger partial charge on any atom is 0.323 e. The number of halogens is 8. The number of rotatable bonds is 1. The predicted octanol–water partition coefficient (Wildman–Crippen LogP) is 4.53. The minimum absolute atomic E-state index is 1.17. The molecule has 98 valence electrons. The summed E-state index contributed by atoms with van der Waals surface area (Å²) in [5, 5.41) is -8.12. The van der Waals surface area contributed by atoms with Gasteiger partial charge in [0.1, 0.15) is 0 Å². The SMILES string of the molecule is O=C1CC(Cl)C(Cl)CC1(F)S(F)(F)(F)(F)F. The molecular weight excluding hydrogens is 305 g/mol. The first kappa shape index (κ1) is 14.2. The Morgan fingerprint density at radius 3 is 1.94 bits per heavy atom. The number of hydrogen-bond donors (Lipinski definition) is 0. The van der Waals surface area contributed by atoms with Crippen LogP contribution < -0.4 is 0 Å². The van der Waals surface area contributed by atoms with E-state index in [0.717, 1.165) is 0 Å². The molecule has 1 aliphatic carbocycles. The van der Waals surface area contributed by atoms with Crippen LogP contribution in [0.25, 0.3) is 0 Å². The number of ketones is 1. The fraction of sp³-hybridized carbons (Fsp3) is 0.833. The standard InChI is InChI=1S/C6H6Cl2F6OS/c7-3-1-5(15)6(9,2-4(3)8)16(10,11,12,13)14/h3-4H,1-2H2. The Morgan fingerprint density at radius 1 is 1.12 bits per heavy atom. The fourth-order valence-electron chi connectivity index (χ4n) is 1.32. The third-order valence-corrected chi connectivity index (χ3v) is 4.92. The van der Waals surface area contributed by atoms with Crippen LogP contribution in [-0.2, 0) is 4.79 Å². The maximum absolute atomic E-state index is 13.4. The van der Waals surface area contributed by atoms with Crippen molar-refractivity contribution in [3.8, 4) is 0 Å². The van der Waals surface area contributed by atoms with Crippen LogP contribution in [0.1, 0.15) is 12.8 Å². The zero-order valence-corrected chi connectivity index (χ0v) is 9.74. The van der Waals surface area contributed by atoms with Crippen molar-refractivity contribution in [1.82, 2.24) is 0 Å². The molecule has 0 aliphatic heterocycles. The van der Waals surface area contributed by atoms with Crippen molar-refractivity contribution in [3.63, 3.8) is 0 Å². The van der Waals surface area contributed by atoms with Crippen LogP contribution in [0.4, 0.5) is 23.8 Å². The molecule has 1 nitrogen and oxygen atoms in total. The van der Waals surface area contributed by atoms with Gasteiger partial charge in [0.05, 0.1) is 10.8 Å². The molecule has 16 heavy (non-hydrogen) atoms. The molecule has 0 aromatic heterocycles. The molecule has 1 aliphatic rings. The summed E-state index contributed by atoms with van der Waals surface area (Å²) < 4.78 is 75.0. The van der Waals surface area contributed by atoms with Gasteiger partial charge in [0.15, 0.2) is 5.78 Å². The molecular formula is C6H6Cl2F6OS. The summed E-state index contributed by atoms with van der Waals surface area (Å²) in [5.41, 5.74) is 0.